The van der Waals surface area contributed by atoms with Gasteiger partial charge in [0.15, 0.2) is 0 Å². The van der Waals surface area contributed by atoms with Crippen LogP contribution >= 0.6 is 0 Å². The first-order valence-corrected chi connectivity index (χ1v) is 9.27. The molecule has 3 N–H and O–H groups in total. The molecule has 5 heteroatoms. The van der Waals surface area contributed by atoms with Crippen molar-refractivity contribution >= 4 is 8.56 Å². The highest BCUT2D eigenvalue weighted by atomic mass is 28.4. The average Bonchev–Trinajstić information content (AvgIpc) is 2.30. The molecule has 0 spiro atoms. The predicted molar refractivity (Wildman–Crippen MR) is 77.8 cm³/mol. The quantitative estimate of drug-likeness (QED) is 0.569. The first kappa shape index (κ1) is 18.1. The minimum absolute atomic E-state index is 0.145. The Bertz CT molecular complexity index is 195. The third-order valence-electron chi connectivity index (χ3n) is 3.27. The lowest BCUT2D eigenvalue weighted by atomic mass is 9.88. The fourth-order valence-electron chi connectivity index (χ4n) is 2.09. The molecule has 0 unspecified atom stereocenters. The minimum atomic E-state index is -2.20. The van der Waals surface area contributed by atoms with Crippen molar-refractivity contribution in [3.05, 3.63) is 0 Å². The maximum atomic E-state index is 9.22. The van der Waals surface area contributed by atoms with Gasteiger partial charge in [-0.1, -0.05) is 20.3 Å². The molecule has 0 atom stereocenters. The fraction of sp³-hybridized carbons (Fsp3) is 1.00. The van der Waals surface area contributed by atoms with E-state index in [0.29, 0.717) is 25.8 Å². The van der Waals surface area contributed by atoms with Gasteiger partial charge in [-0.3, -0.25) is 0 Å². The van der Waals surface area contributed by atoms with Crippen molar-refractivity contribution < 1.29 is 14.0 Å². The number of hydrogen-bond acceptors (Lipinski definition) is 4. The van der Waals surface area contributed by atoms with E-state index in [1.54, 1.807) is 0 Å². The van der Waals surface area contributed by atoms with Gasteiger partial charge in [0.2, 0.25) is 0 Å². The lowest BCUT2D eigenvalue weighted by Crippen LogP contribution is -2.43. The Morgan fingerprint density at radius 2 is 1.67 bits per heavy atom. The summed E-state index contributed by atoms with van der Waals surface area (Å²) in [6.45, 7) is 10.5. The molecule has 0 aromatic rings. The molecular weight excluding hydrogens is 246 g/mol. The van der Waals surface area contributed by atoms with Gasteiger partial charge in [-0.15, -0.1) is 0 Å². The number of hydrogen-bond donors (Lipinski definition) is 2. The molecule has 0 rings (SSSR count). The van der Waals surface area contributed by atoms with Gasteiger partial charge >= 0.3 is 8.56 Å². The highest BCUT2D eigenvalue weighted by Crippen LogP contribution is 2.27. The van der Waals surface area contributed by atoms with E-state index in [0.717, 1.165) is 18.9 Å². The zero-order chi connectivity index (χ0) is 14.1. The first-order valence-electron chi connectivity index (χ1n) is 7.04. The van der Waals surface area contributed by atoms with E-state index >= 15 is 0 Å². The molecule has 0 heterocycles. The van der Waals surface area contributed by atoms with E-state index in [9.17, 15) is 5.11 Å². The summed E-state index contributed by atoms with van der Waals surface area (Å²) in [5.41, 5.74) is 5.92. The third kappa shape index (κ3) is 6.85. The molecule has 0 saturated heterocycles. The summed E-state index contributed by atoms with van der Waals surface area (Å²) in [6, 6.07) is 1.61. The van der Waals surface area contributed by atoms with Crippen LogP contribution in [-0.4, -0.2) is 40.0 Å². The molecule has 0 radical (unpaired) electrons. The zero-order valence-electron chi connectivity index (χ0n) is 12.5. The van der Waals surface area contributed by atoms with Crippen LogP contribution < -0.4 is 5.73 Å². The average molecular weight is 277 g/mol. The first-order chi connectivity index (χ1) is 8.45. The van der Waals surface area contributed by atoms with Gasteiger partial charge in [0.25, 0.3) is 0 Å². The molecular formula is C13H31NO3Si. The smallest absolute Gasteiger partial charge is 0.340 e. The van der Waals surface area contributed by atoms with Gasteiger partial charge in [-0.25, -0.2) is 0 Å². The predicted octanol–water partition coefficient (Wildman–Crippen LogP) is 2.26. The van der Waals surface area contributed by atoms with Crippen LogP contribution in [0.15, 0.2) is 0 Å². The van der Waals surface area contributed by atoms with Gasteiger partial charge in [-0.2, -0.15) is 0 Å². The molecule has 0 amide bonds. The number of aliphatic hydroxyl groups is 1. The van der Waals surface area contributed by atoms with Gasteiger partial charge in [0.1, 0.15) is 0 Å². The van der Waals surface area contributed by atoms with Gasteiger partial charge in [0, 0.05) is 25.9 Å². The van der Waals surface area contributed by atoms with E-state index in [1.165, 1.54) is 0 Å². The van der Waals surface area contributed by atoms with Crippen LogP contribution in [0.5, 0.6) is 0 Å². The summed E-state index contributed by atoms with van der Waals surface area (Å²) in [6.07, 6.45) is 2.13. The molecule has 0 bridgehead atoms. The van der Waals surface area contributed by atoms with Crippen molar-refractivity contribution in [3.63, 3.8) is 0 Å². The summed E-state index contributed by atoms with van der Waals surface area (Å²) in [5.74, 6) is 0. The summed E-state index contributed by atoms with van der Waals surface area (Å²) in [7, 11) is -2.20. The van der Waals surface area contributed by atoms with Crippen molar-refractivity contribution in [1.29, 1.82) is 0 Å². The monoisotopic (exact) mass is 277 g/mol. The number of nitrogens with two attached hydrogens (primary N) is 1. The Morgan fingerprint density at radius 1 is 1.11 bits per heavy atom. The van der Waals surface area contributed by atoms with Crippen LogP contribution in [0.25, 0.3) is 0 Å². The standard InChI is InChI=1S/C13H31NO3Si/c1-5-16-18(11-9-15,17-6-2)10-7-8-13(3,4)12-14/h15H,5-12,14H2,1-4H3. The van der Waals surface area contributed by atoms with Crippen LogP contribution in [0.2, 0.25) is 12.1 Å². The van der Waals surface area contributed by atoms with Crippen LogP contribution in [0.1, 0.15) is 40.5 Å². The van der Waals surface area contributed by atoms with Gasteiger partial charge < -0.3 is 19.7 Å². The second-order valence-corrected chi connectivity index (χ2v) is 8.87. The van der Waals surface area contributed by atoms with Crippen molar-refractivity contribution in [3.8, 4) is 0 Å². The largest absolute Gasteiger partial charge is 0.396 e. The molecule has 4 nitrogen and oxygen atoms in total. The lowest BCUT2D eigenvalue weighted by Gasteiger charge is -2.31. The zero-order valence-corrected chi connectivity index (χ0v) is 13.5. The highest BCUT2D eigenvalue weighted by molar-refractivity contribution is 6.67. The maximum absolute atomic E-state index is 9.22. The summed E-state index contributed by atoms with van der Waals surface area (Å²) in [5, 5.41) is 9.22. The van der Waals surface area contributed by atoms with E-state index < -0.39 is 8.56 Å². The molecule has 0 aliphatic rings. The molecule has 0 aromatic heterocycles. The van der Waals surface area contributed by atoms with Crippen molar-refractivity contribution in [2.24, 2.45) is 11.1 Å². The Morgan fingerprint density at radius 3 is 2.06 bits per heavy atom. The fourth-order valence-corrected chi connectivity index (χ4v) is 5.11. The molecule has 110 valence electrons. The van der Waals surface area contributed by atoms with Crippen LogP contribution in [0.3, 0.4) is 0 Å². The minimum Gasteiger partial charge on any atom is -0.396 e. The van der Waals surface area contributed by atoms with Crippen LogP contribution in [0, 0.1) is 5.41 Å². The molecule has 0 aliphatic carbocycles. The summed E-state index contributed by atoms with van der Waals surface area (Å²) < 4.78 is 11.8. The second kappa shape index (κ2) is 9.04. The number of aliphatic hydroxyl groups excluding tert-OH is 1. The van der Waals surface area contributed by atoms with E-state index in [1.807, 2.05) is 13.8 Å². The van der Waals surface area contributed by atoms with Crippen LogP contribution in [0.4, 0.5) is 0 Å². The summed E-state index contributed by atoms with van der Waals surface area (Å²) in [4.78, 5) is 0. The van der Waals surface area contributed by atoms with Crippen molar-refractivity contribution in [2.75, 3.05) is 26.4 Å². The molecule has 0 fully saturated rings. The van der Waals surface area contributed by atoms with Gasteiger partial charge in [-0.05, 0) is 38.3 Å². The Balaban J connectivity index is 4.38. The SMILES string of the molecule is CCO[Si](CCO)(CCCC(C)(C)CN)OCC. The molecule has 0 aliphatic heterocycles. The number of rotatable bonds is 11. The molecule has 0 saturated carbocycles. The molecule has 0 aromatic carbocycles. The van der Waals surface area contributed by atoms with E-state index in [-0.39, 0.29) is 12.0 Å². The Labute approximate surface area is 113 Å². The lowest BCUT2D eigenvalue weighted by molar-refractivity contribution is 0.170. The van der Waals surface area contributed by atoms with Gasteiger partial charge in [0.05, 0.1) is 0 Å². The normalized spacial score (nSPS) is 13.0. The maximum Gasteiger partial charge on any atom is 0.340 e. The molecule has 18 heavy (non-hydrogen) atoms. The summed E-state index contributed by atoms with van der Waals surface area (Å²) >= 11 is 0. The van der Waals surface area contributed by atoms with Crippen molar-refractivity contribution in [2.45, 2.75) is 52.6 Å². The highest BCUT2D eigenvalue weighted by Gasteiger charge is 2.36. The Hall–Kier alpha value is 0.0569. The topological polar surface area (TPSA) is 64.7 Å². The van der Waals surface area contributed by atoms with E-state index in [4.69, 9.17) is 14.6 Å². The second-order valence-electron chi connectivity index (χ2n) is 5.47. The van der Waals surface area contributed by atoms with Crippen molar-refractivity contribution in [1.82, 2.24) is 0 Å². The Kier molecular flexibility index (Phi) is 9.07. The third-order valence-corrected chi connectivity index (χ3v) is 7.00. The van der Waals surface area contributed by atoms with E-state index in [2.05, 4.69) is 13.8 Å². The van der Waals surface area contributed by atoms with Crippen LogP contribution in [-0.2, 0) is 8.85 Å².